The van der Waals surface area contributed by atoms with Crippen molar-refractivity contribution < 1.29 is 43.6 Å². The van der Waals surface area contributed by atoms with Crippen molar-refractivity contribution in [2.24, 2.45) is 16.7 Å². The zero-order valence-electron chi connectivity index (χ0n) is 20.5. The third kappa shape index (κ3) is 3.08. The van der Waals surface area contributed by atoms with Gasteiger partial charge in [0.15, 0.2) is 11.7 Å². The second-order valence-electron chi connectivity index (χ2n) is 10.7. The monoisotopic (exact) mass is 466 g/mol. The molecule has 33 heavy (non-hydrogen) atoms. The van der Waals surface area contributed by atoms with Crippen LogP contribution in [0.15, 0.2) is 11.8 Å². The fourth-order valence-electron chi connectivity index (χ4n) is 6.47. The number of ether oxygens (including phenoxy) is 3. The first-order valence-corrected chi connectivity index (χ1v) is 11.2. The van der Waals surface area contributed by atoms with Gasteiger partial charge >= 0.3 is 11.9 Å². The molecular weight excluding hydrogens is 432 g/mol. The van der Waals surface area contributed by atoms with E-state index in [-0.39, 0.29) is 12.2 Å². The standard InChI is InChI=1S/C24H34O9/c1-9-21(6)17(28)18(29)24(30)22(7)14(31-12(2)25)10-11-20(4,5)16(22)15(27)19(32-13(3)26)23(24,8)33-21/h10,15-16,19,27,30H,9,11H2,1-8H3/t15-,16-,19-,21-,22-,23+,24-/m0/s1. The minimum Gasteiger partial charge on any atom is -0.457 e. The van der Waals surface area contributed by atoms with Gasteiger partial charge in [-0.15, -0.1) is 0 Å². The van der Waals surface area contributed by atoms with E-state index in [2.05, 4.69) is 0 Å². The Kier molecular flexibility index (Phi) is 5.76. The molecular formula is C24H34O9. The van der Waals surface area contributed by atoms with E-state index in [0.717, 1.165) is 6.92 Å². The highest BCUT2D eigenvalue weighted by molar-refractivity contribution is 6.44. The summed E-state index contributed by atoms with van der Waals surface area (Å²) in [7, 11) is 0. The topological polar surface area (TPSA) is 136 Å². The highest BCUT2D eigenvalue weighted by atomic mass is 16.6. The third-order valence-electron chi connectivity index (χ3n) is 8.13. The Morgan fingerprint density at radius 2 is 1.67 bits per heavy atom. The second kappa shape index (κ2) is 7.45. The smallest absolute Gasteiger partial charge is 0.307 e. The fraction of sp³-hybridized carbons (Fsp3) is 0.750. The van der Waals surface area contributed by atoms with Gasteiger partial charge in [0.05, 0.1) is 11.5 Å². The molecule has 0 amide bonds. The normalized spacial score (nSPS) is 44.3. The molecule has 184 valence electrons. The molecule has 1 heterocycles. The first-order valence-electron chi connectivity index (χ1n) is 11.2. The van der Waals surface area contributed by atoms with E-state index < -0.39 is 69.3 Å². The molecule has 2 aliphatic carbocycles. The van der Waals surface area contributed by atoms with Crippen LogP contribution in [0, 0.1) is 16.7 Å². The zero-order valence-corrected chi connectivity index (χ0v) is 20.5. The number of esters is 2. The number of aliphatic hydroxyl groups is 2. The van der Waals surface area contributed by atoms with Crippen molar-refractivity contribution in [1.82, 2.24) is 0 Å². The molecule has 2 fully saturated rings. The number of allylic oxidation sites excluding steroid dienone is 1. The predicted molar refractivity (Wildman–Crippen MR) is 115 cm³/mol. The van der Waals surface area contributed by atoms with E-state index in [9.17, 15) is 29.4 Å². The highest BCUT2D eigenvalue weighted by Crippen LogP contribution is 2.67. The molecule has 0 spiro atoms. The van der Waals surface area contributed by atoms with E-state index in [4.69, 9.17) is 14.2 Å². The zero-order chi connectivity index (χ0) is 25.4. The van der Waals surface area contributed by atoms with E-state index in [1.54, 1.807) is 13.0 Å². The number of hydrogen-bond acceptors (Lipinski definition) is 9. The van der Waals surface area contributed by atoms with Crippen LogP contribution in [0.25, 0.3) is 0 Å². The molecule has 1 saturated heterocycles. The molecule has 9 heteroatoms. The highest BCUT2D eigenvalue weighted by Gasteiger charge is 2.83. The summed E-state index contributed by atoms with van der Waals surface area (Å²) < 4.78 is 17.2. The summed E-state index contributed by atoms with van der Waals surface area (Å²) in [5.41, 5.74) is -8.77. The lowest BCUT2D eigenvalue weighted by Crippen LogP contribution is -2.87. The van der Waals surface area contributed by atoms with E-state index >= 15 is 0 Å². The minimum absolute atomic E-state index is 0.0294. The molecule has 0 aromatic carbocycles. The Morgan fingerprint density at radius 3 is 2.15 bits per heavy atom. The van der Waals surface area contributed by atoms with Crippen LogP contribution in [0.5, 0.6) is 0 Å². The number of hydrogen-bond donors (Lipinski definition) is 2. The van der Waals surface area contributed by atoms with Gasteiger partial charge < -0.3 is 24.4 Å². The summed E-state index contributed by atoms with van der Waals surface area (Å²) in [6.45, 7) is 11.9. The number of carbonyl (C=O) groups excluding carboxylic acids is 4. The molecule has 0 unspecified atom stereocenters. The predicted octanol–water partition coefficient (Wildman–Crippen LogP) is 1.62. The Balaban J connectivity index is 2.42. The van der Waals surface area contributed by atoms with Gasteiger partial charge in [0.1, 0.15) is 17.0 Å². The molecule has 0 aromatic heterocycles. The van der Waals surface area contributed by atoms with Gasteiger partial charge in [-0.25, -0.2) is 0 Å². The Bertz CT molecular complexity index is 952. The molecule has 3 rings (SSSR count). The third-order valence-corrected chi connectivity index (χ3v) is 8.13. The van der Waals surface area contributed by atoms with Gasteiger partial charge in [0.25, 0.3) is 0 Å². The van der Waals surface area contributed by atoms with Crippen molar-refractivity contribution in [3.63, 3.8) is 0 Å². The lowest BCUT2D eigenvalue weighted by atomic mass is 9.41. The number of carbonyl (C=O) groups is 4. The van der Waals surface area contributed by atoms with Crippen LogP contribution in [0.2, 0.25) is 0 Å². The van der Waals surface area contributed by atoms with Crippen molar-refractivity contribution in [2.45, 2.75) is 97.2 Å². The second-order valence-corrected chi connectivity index (χ2v) is 10.7. The number of Topliss-reactive ketones (excluding diaryl/α,β-unsaturated/α-hetero) is 2. The maximum absolute atomic E-state index is 13.8. The van der Waals surface area contributed by atoms with Crippen LogP contribution in [0.1, 0.15) is 68.2 Å². The Hall–Kier alpha value is -2.10. The van der Waals surface area contributed by atoms with Crippen LogP contribution in [-0.2, 0) is 33.4 Å². The molecule has 0 aromatic rings. The quantitative estimate of drug-likeness (QED) is 0.469. The summed E-state index contributed by atoms with van der Waals surface area (Å²) >= 11 is 0. The average Bonchev–Trinajstić information content (AvgIpc) is 2.69. The molecule has 1 saturated carbocycles. The van der Waals surface area contributed by atoms with Crippen molar-refractivity contribution >= 4 is 23.5 Å². The van der Waals surface area contributed by atoms with Crippen LogP contribution in [-0.4, -0.2) is 62.7 Å². The van der Waals surface area contributed by atoms with Gasteiger partial charge in [0.2, 0.25) is 11.6 Å². The Morgan fingerprint density at radius 1 is 1.09 bits per heavy atom. The number of rotatable bonds is 3. The van der Waals surface area contributed by atoms with Gasteiger partial charge in [-0.05, 0) is 45.1 Å². The largest absolute Gasteiger partial charge is 0.457 e. The van der Waals surface area contributed by atoms with Gasteiger partial charge in [0, 0.05) is 19.8 Å². The van der Waals surface area contributed by atoms with Crippen LogP contribution >= 0.6 is 0 Å². The van der Waals surface area contributed by atoms with Crippen molar-refractivity contribution in [3.05, 3.63) is 11.8 Å². The van der Waals surface area contributed by atoms with Crippen LogP contribution in [0.3, 0.4) is 0 Å². The van der Waals surface area contributed by atoms with Crippen LogP contribution in [0.4, 0.5) is 0 Å². The maximum Gasteiger partial charge on any atom is 0.307 e. The molecule has 9 nitrogen and oxygen atoms in total. The molecule has 0 bridgehead atoms. The summed E-state index contributed by atoms with van der Waals surface area (Å²) in [5, 5.41) is 24.0. The first-order chi connectivity index (χ1) is 14.9. The summed E-state index contributed by atoms with van der Waals surface area (Å²) in [6, 6.07) is 0. The lowest BCUT2D eigenvalue weighted by molar-refractivity contribution is -0.346. The molecule has 2 N–H and O–H groups in total. The van der Waals surface area contributed by atoms with Crippen molar-refractivity contribution in [2.75, 3.05) is 0 Å². The van der Waals surface area contributed by atoms with Crippen LogP contribution < -0.4 is 0 Å². The average molecular weight is 467 g/mol. The van der Waals surface area contributed by atoms with Gasteiger partial charge in [-0.1, -0.05) is 20.8 Å². The van der Waals surface area contributed by atoms with Gasteiger partial charge in [-0.3, -0.25) is 19.2 Å². The summed E-state index contributed by atoms with van der Waals surface area (Å²) in [6.07, 6.45) is -0.856. The summed E-state index contributed by atoms with van der Waals surface area (Å²) in [5.74, 6) is -4.48. The van der Waals surface area contributed by atoms with E-state index in [1.165, 1.54) is 27.7 Å². The fourth-order valence-corrected chi connectivity index (χ4v) is 6.47. The number of aliphatic hydroxyl groups excluding tert-OH is 1. The Labute approximate surface area is 193 Å². The molecule has 0 radical (unpaired) electrons. The number of ketones is 2. The van der Waals surface area contributed by atoms with Gasteiger partial charge in [-0.2, -0.15) is 0 Å². The minimum atomic E-state index is -2.62. The lowest BCUT2D eigenvalue weighted by Gasteiger charge is -2.69. The van der Waals surface area contributed by atoms with E-state index in [0.29, 0.717) is 6.42 Å². The molecule has 7 atom stereocenters. The molecule has 1 aliphatic heterocycles. The van der Waals surface area contributed by atoms with E-state index in [1.807, 2.05) is 13.8 Å². The maximum atomic E-state index is 13.8. The summed E-state index contributed by atoms with van der Waals surface area (Å²) in [4.78, 5) is 51.1. The van der Waals surface area contributed by atoms with Crippen molar-refractivity contribution in [3.8, 4) is 0 Å². The SMILES string of the molecule is CC[C@]1(C)O[C@]2(C)[C@@H](OC(C)=O)[C@@H](O)[C@H]3C(C)(C)CC=C(OC(C)=O)[C@]3(C)[C@@]2(O)C(=O)C1=O. The number of fused-ring (bicyclic) bond motifs is 3. The first kappa shape index (κ1) is 25.5. The van der Waals surface area contributed by atoms with Crippen molar-refractivity contribution in [1.29, 1.82) is 0 Å². The molecule has 3 aliphatic rings.